The number of likely N-dealkylation sites (tertiary alicyclic amines) is 2. The fourth-order valence-corrected chi connectivity index (χ4v) is 15.8. The number of aliphatic hydroxyl groups excluding tert-OH is 3. The molecule has 0 amide bonds. The largest absolute Gasteiger partial charge is 0.508 e. The SMILES string of the molecule is OCCC/C(=C(\c1ccc(O)cc1)c1ccc(OCCN2CC3CC3C2)cc1)c1ccccc1.OCCC/C(=C(\c1ccc(O)cc1)c1ccc(OCCN2CCC3(CCCC3)C2)cc1)c1ccccc1.OCCC/C(=C(\c1ccc(O)cc1)c1ccc(OCCN2CCNCC2)cc1)c1ccccc1. The van der Waals surface area contributed by atoms with E-state index in [4.69, 9.17) is 14.2 Å². The third kappa shape index (κ3) is 21.5. The lowest BCUT2D eigenvalue weighted by molar-refractivity contribution is 0.191. The molecule has 5 fully saturated rings. The van der Waals surface area contributed by atoms with Gasteiger partial charge in [0.1, 0.15) is 54.3 Å². The van der Waals surface area contributed by atoms with Gasteiger partial charge in [0.15, 0.2) is 0 Å². The molecule has 13 heteroatoms. The molecule has 2 saturated carbocycles. The Hall–Kier alpha value is -9.28. The number of allylic oxidation sites excluding steroid dienone is 3. The van der Waals surface area contributed by atoms with Crippen LogP contribution in [0.5, 0.6) is 34.5 Å². The van der Waals surface area contributed by atoms with Crippen LogP contribution in [0, 0.1) is 17.3 Å². The molecule has 3 aliphatic heterocycles. The number of benzene rings is 9. The fourth-order valence-electron chi connectivity index (χ4n) is 15.8. The van der Waals surface area contributed by atoms with Crippen molar-refractivity contribution in [1.29, 1.82) is 0 Å². The van der Waals surface area contributed by atoms with Crippen LogP contribution in [0.25, 0.3) is 33.4 Å². The first-order chi connectivity index (χ1) is 51.6. The molecule has 3 saturated heterocycles. The quantitative estimate of drug-likeness (QED) is 0.0213. The molecule has 14 rings (SSSR count). The number of piperazine rings is 1. The highest BCUT2D eigenvalue weighted by Crippen LogP contribution is 2.47. The van der Waals surface area contributed by atoms with Crippen LogP contribution in [-0.4, -0.2) is 157 Å². The van der Waals surface area contributed by atoms with Gasteiger partial charge in [0.2, 0.25) is 0 Å². The predicted molar refractivity (Wildman–Crippen MR) is 425 cm³/mol. The summed E-state index contributed by atoms with van der Waals surface area (Å²) in [4.78, 5) is 7.52. The van der Waals surface area contributed by atoms with Crippen LogP contribution in [0.4, 0.5) is 0 Å². The first-order valence-corrected chi connectivity index (χ1v) is 38.3. The highest BCUT2D eigenvalue weighted by Gasteiger charge is 2.44. The highest BCUT2D eigenvalue weighted by atomic mass is 16.5. The third-order valence-electron chi connectivity index (χ3n) is 21.4. The number of ether oxygens (including phenoxy) is 3. The summed E-state index contributed by atoms with van der Waals surface area (Å²) in [5.74, 6) is 5.28. The van der Waals surface area contributed by atoms with E-state index in [2.05, 4.69) is 117 Å². The first-order valence-electron chi connectivity index (χ1n) is 38.3. The molecule has 0 radical (unpaired) electrons. The van der Waals surface area contributed by atoms with Crippen molar-refractivity contribution in [2.75, 3.05) is 112 Å². The Balaban J connectivity index is 0.000000148. The number of phenols is 3. The number of phenolic OH excluding ortho intramolecular Hbond substituents is 3. The number of hydrogen-bond donors (Lipinski definition) is 7. The van der Waals surface area contributed by atoms with Crippen molar-refractivity contribution in [2.24, 2.45) is 17.3 Å². The number of nitrogens with one attached hydrogen (secondary N) is 1. The smallest absolute Gasteiger partial charge is 0.119 e. The molecule has 13 nitrogen and oxygen atoms in total. The zero-order valence-electron chi connectivity index (χ0n) is 60.9. The van der Waals surface area contributed by atoms with Gasteiger partial charge in [0.05, 0.1) is 0 Å². The Morgan fingerprint density at radius 2 is 0.667 bits per heavy atom. The average molecular weight is 1410 g/mol. The normalized spacial score (nSPS) is 17.6. The molecule has 0 aromatic heterocycles. The van der Waals surface area contributed by atoms with Crippen LogP contribution in [0.1, 0.15) is 127 Å². The molecule has 548 valence electrons. The zero-order valence-corrected chi connectivity index (χ0v) is 60.9. The Kier molecular flexibility index (Phi) is 27.8. The maximum Gasteiger partial charge on any atom is 0.119 e. The van der Waals surface area contributed by atoms with E-state index >= 15 is 0 Å². The van der Waals surface area contributed by atoms with Crippen molar-refractivity contribution >= 4 is 33.4 Å². The number of hydrogen-bond acceptors (Lipinski definition) is 13. The summed E-state index contributed by atoms with van der Waals surface area (Å²) in [6, 6.07) is 78.1. The number of piperidine rings is 1. The Morgan fingerprint density at radius 3 is 1.00 bits per heavy atom. The van der Waals surface area contributed by atoms with E-state index in [0.717, 1.165) is 161 Å². The molecule has 2 aliphatic carbocycles. The van der Waals surface area contributed by atoms with Crippen molar-refractivity contribution in [3.05, 3.63) is 287 Å². The van der Waals surface area contributed by atoms with E-state index in [0.29, 0.717) is 44.5 Å². The zero-order chi connectivity index (χ0) is 72.4. The molecule has 7 N–H and O–H groups in total. The van der Waals surface area contributed by atoms with Crippen LogP contribution in [0.2, 0.25) is 0 Å². The van der Waals surface area contributed by atoms with Gasteiger partial charge in [-0.2, -0.15) is 0 Å². The van der Waals surface area contributed by atoms with Crippen molar-refractivity contribution in [2.45, 2.75) is 77.0 Å². The summed E-state index contributed by atoms with van der Waals surface area (Å²) in [6.07, 6.45) is 12.7. The Bertz CT molecular complexity index is 4010. The molecule has 3 heterocycles. The fraction of sp³-hybridized carbons (Fsp3) is 0.348. The van der Waals surface area contributed by atoms with Crippen molar-refractivity contribution in [3.8, 4) is 34.5 Å². The van der Waals surface area contributed by atoms with E-state index in [1.807, 2.05) is 103 Å². The topological polar surface area (TPSA) is 171 Å². The summed E-state index contributed by atoms with van der Waals surface area (Å²) in [6.45, 7) is 14.6. The Morgan fingerprint density at radius 1 is 0.352 bits per heavy atom. The molecule has 0 bridgehead atoms. The molecule has 9 aromatic carbocycles. The Labute approximate surface area is 622 Å². The van der Waals surface area contributed by atoms with Crippen LogP contribution in [-0.2, 0) is 0 Å². The first kappa shape index (κ1) is 75.4. The summed E-state index contributed by atoms with van der Waals surface area (Å²) in [5.41, 5.74) is 17.3. The monoisotopic (exact) mass is 1410 g/mol. The minimum Gasteiger partial charge on any atom is -0.508 e. The van der Waals surface area contributed by atoms with Gasteiger partial charge >= 0.3 is 0 Å². The minimum atomic E-state index is 0.138. The van der Waals surface area contributed by atoms with Crippen molar-refractivity contribution in [3.63, 3.8) is 0 Å². The number of nitrogens with zero attached hydrogens (tertiary/aromatic N) is 3. The van der Waals surface area contributed by atoms with Crippen LogP contribution < -0.4 is 19.5 Å². The van der Waals surface area contributed by atoms with Crippen LogP contribution in [0.3, 0.4) is 0 Å². The molecule has 9 aromatic rings. The maximum atomic E-state index is 9.89. The van der Waals surface area contributed by atoms with Gasteiger partial charge in [-0.05, 0) is 244 Å². The molecule has 5 aliphatic rings. The number of rotatable bonds is 30. The van der Waals surface area contributed by atoms with Gasteiger partial charge in [0, 0.05) is 85.3 Å². The standard InChI is InChI=1S/C33H39NO3.C30H33NO3.C29H34N2O3/c35-23-6-9-31(26-7-2-1-3-8-26)32(27-10-14-29(36)15-11-27)28-12-16-30(17-13-28)37-24-22-34-21-20-33(25-34)18-4-5-19-33;32-17-4-7-29(22-5-2-1-3-6-22)30(23-8-12-27(33)13-9-23)24-10-14-28(15-11-24)34-18-16-31-20-25-19-26(25)21-31;32-21-4-7-28(23-5-2-1-3-6-23)29(24-8-12-26(33)13-9-24)25-10-14-27(15-11-25)34-22-20-31-18-16-30-17-19-31/h1-3,7-8,10-17,35-36H,4-6,9,18-25H2;1-3,5-6,8-15,25-26,32-33H,4,7,16-21H2;1-3,5-6,8-15,30,32-33H,4,7,16-22H2/b32-31-;30-29-;29-28-. The van der Waals surface area contributed by atoms with E-state index in [1.54, 1.807) is 36.4 Å². The number of fused-ring (bicyclic) bond motifs is 1. The van der Waals surface area contributed by atoms with Crippen molar-refractivity contribution < 1.29 is 44.8 Å². The van der Waals surface area contributed by atoms with Gasteiger partial charge in [-0.15, -0.1) is 0 Å². The second-order valence-electron chi connectivity index (χ2n) is 28.7. The lowest BCUT2D eigenvalue weighted by Gasteiger charge is -2.26. The summed E-state index contributed by atoms with van der Waals surface area (Å²) in [5, 5.41) is 61.7. The maximum absolute atomic E-state index is 9.89. The van der Waals surface area contributed by atoms with Crippen molar-refractivity contribution in [1.82, 2.24) is 20.0 Å². The minimum absolute atomic E-state index is 0.138. The van der Waals surface area contributed by atoms with Gasteiger partial charge in [-0.3, -0.25) is 14.7 Å². The number of aliphatic hydroxyl groups is 3. The lowest BCUT2D eigenvalue weighted by atomic mass is 9.86. The lowest BCUT2D eigenvalue weighted by Crippen LogP contribution is -2.44. The second kappa shape index (κ2) is 38.6. The molecule has 2 unspecified atom stereocenters. The molecule has 2 atom stereocenters. The average Bonchev–Trinajstić information content (AvgIpc) is 1.73. The second-order valence-corrected chi connectivity index (χ2v) is 28.7. The van der Waals surface area contributed by atoms with E-state index in [-0.39, 0.29) is 37.1 Å². The summed E-state index contributed by atoms with van der Waals surface area (Å²) in [7, 11) is 0. The van der Waals surface area contributed by atoms with Gasteiger partial charge < -0.3 is 50.2 Å². The molecule has 1 spiro atoms. The van der Waals surface area contributed by atoms with E-state index in [1.165, 1.54) is 81.4 Å². The summed E-state index contributed by atoms with van der Waals surface area (Å²) >= 11 is 0. The highest BCUT2D eigenvalue weighted by molar-refractivity contribution is 6.01. The molecule has 105 heavy (non-hydrogen) atoms. The van der Waals surface area contributed by atoms with Gasteiger partial charge in [0.25, 0.3) is 0 Å². The molecular weight excluding hydrogens is 1310 g/mol. The third-order valence-corrected chi connectivity index (χ3v) is 21.4. The van der Waals surface area contributed by atoms with Crippen LogP contribution in [0.15, 0.2) is 237 Å². The predicted octanol–water partition coefficient (Wildman–Crippen LogP) is 16.6. The van der Waals surface area contributed by atoms with Gasteiger partial charge in [-0.25, -0.2) is 0 Å². The van der Waals surface area contributed by atoms with E-state index in [9.17, 15) is 30.6 Å². The van der Waals surface area contributed by atoms with Gasteiger partial charge in [-0.1, -0.05) is 177 Å². The number of aromatic hydroxyl groups is 3. The van der Waals surface area contributed by atoms with Crippen LogP contribution >= 0.6 is 0 Å². The van der Waals surface area contributed by atoms with E-state index < -0.39 is 0 Å². The molecular formula is C92H106N4O9. The summed E-state index contributed by atoms with van der Waals surface area (Å²) < 4.78 is 18.3.